The van der Waals surface area contributed by atoms with Gasteiger partial charge in [-0.2, -0.15) is 0 Å². The Labute approximate surface area is 128 Å². The van der Waals surface area contributed by atoms with Crippen LogP contribution in [-0.2, 0) is 0 Å². The Kier molecular flexibility index (Phi) is 3.60. The van der Waals surface area contributed by atoms with Crippen molar-refractivity contribution in [2.24, 2.45) is 5.73 Å². The Morgan fingerprint density at radius 2 is 1.95 bits per heavy atom. The average molecular weight is 384 g/mol. The van der Waals surface area contributed by atoms with E-state index in [-0.39, 0.29) is 12.1 Å². The minimum Gasteiger partial charge on any atom is -0.484 e. The third-order valence-corrected chi connectivity index (χ3v) is 4.15. The molecular formula is C14H12Br2N2O. The highest BCUT2D eigenvalue weighted by Gasteiger charge is 2.27. The van der Waals surface area contributed by atoms with Crippen LogP contribution in [0, 0.1) is 0 Å². The third kappa shape index (κ3) is 2.68. The molecule has 2 N–H and O–H groups in total. The van der Waals surface area contributed by atoms with E-state index in [1.54, 1.807) is 6.20 Å². The van der Waals surface area contributed by atoms with E-state index in [0.717, 1.165) is 32.4 Å². The van der Waals surface area contributed by atoms with Crippen molar-refractivity contribution in [1.29, 1.82) is 0 Å². The highest BCUT2D eigenvalue weighted by molar-refractivity contribution is 9.10. The lowest BCUT2D eigenvalue weighted by Gasteiger charge is -2.30. The molecule has 0 bridgehead atoms. The first-order valence-corrected chi connectivity index (χ1v) is 7.55. The van der Waals surface area contributed by atoms with Gasteiger partial charge in [0.1, 0.15) is 11.9 Å². The highest BCUT2D eigenvalue weighted by Crippen LogP contribution is 2.40. The molecule has 3 rings (SSSR count). The third-order valence-electron chi connectivity index (χ3n) is 3.19. The first kappa shape index (κ1) is 13.1. The van der Waals surface area contributed by atoms with E-state index < -0.39 is 0 Å². The van der Waals surface area contributed by atoms with E-state index in [1.165, 1.54) is 0 Å². The summed E-state index contributed by atoms with van der Waals surface area (Å²) in [6, 6.07) is 9.83. The van der Waals surface area contributed by atoms with E-state index in [4.69, 9.17) is 10.5 Å². The van der Waals surface area contributed by atoms with Gasteiger partial charge >= 0.3 is 0 Å². The number of hydrogen-bond acceptors (Lipinski definition) is 3. The van der Waals surface area contributed by atoms with Crippen LogP contribution in [0.2, 0.25) is 0 Å². The largest absolute Gasteiger partial charge is 0.484 e. The molecule has 19 heavy (non-hydrogen) atoms. The zero-order valence-corrected chi connectivity index (χ0v) is 13.2. The summed E-state index contributed by atoms with van der Waals surface area (Å²) in [4.78, 5) is 4.39. The smallest absolute Gasteiger partial charge is 0.142 e. The zero-order valence-electron chi connectivity index (χ0n) is 10.0. The van der Waals surface area contributed by atoms with Crippen molar-refractivity contribution in [3.63, 3.8) is 0 Å². The number of ether oxygens (including phenoxy) is 1. The molecule has 1 aromatic carbocycles. The fourth-order valence-electron chi connectivity index (χ4n) is 2.23. The lowest BCUT2D eigenvalue weighted by molar-refractivity contribution is 0.157. The molecule has 5 heteroatoms. The summed E-state index contributed by atoms with van der Waals surface area (Å²) in [5.41, 5.74) is 8.19. The van der Waals surface area contributed by atoms with Gasteiger partial charge in [0.05, 0.1) is 5.69 Å². The highest BCUT2D eigenvalue weighted by atomic mass is 79.9. The Morgan fingerprint density at radius 1 is 1.16 bits per heavy atom. The van der Waals surface area contributed by atoms with Gasteiger partial charge < -0.3 is 10.5 Å². The van der Waals surface area contributed by atoms with Crippen LogP contribution in [-0.4, -0.2) is 4.98 Å². The van der Waals surface area contributed by atoms with Gasteiger partial charge in [-0.1, -0.05) is 15.9 Å². The normalized spacial score (nSPS) is 21.6. The first-order valence-electron chi connectivity index (χ1n) is 5.96. The number of aromatic nitrogens is 1. The number of hydrogen-bond donors (Lipinski definition) is 1. The van der Waals surface area contributed by atoms with Crippen molar-refractivity contribution >= 4 is 31.9 Å². The molecule has 0 spiro atoms. The summed E-state index contributed by atoms with van der Waals surface area (Å²) in [6.07, 6.45) is 2.43. The average Bonchev–Trinajstić information content (AvgIpc) is 2.40. The van der Waals surface area contributed by atoms with Crippen LogP contribution in [0.4, 0.5) is 0 Å². The molecule has 1 aliphatic rings. The van der Waals surface area contributed by atoms with Crippen LogP contribution in [0.5, 0.6) is 5.75 Å². The van der Waals surface area contributed by atoms with E-state index in [9.17, 15) is 0 Å². The quantitative estimate of drug-likeness (QED) is 0.805. The van der Waals surface area contributed by atoms with Crippen LogP contribution < -0.4 is 10.5 Å². The Morgan fingerprint density at radius 3 is 2.68 bits per heavy atom. The number of fused-ring (bicyclic) bond motifs is 1. The minimum atomic E-state index is -0.0863. The Bertz CT molecular complexity index is 601. The van der Waals surface area contributed by atoms with Crippen molar-refractivity contribution in [3.8, 4) is 5.75 Å². The van der Waals surface area contributed by atoms with Crippen molar-refractivity contribution in [2.45, 2.75) is 18.6 Å². The molecule has 1 aromatic heterocycles. The van der Waals surface area contributed by atoms with E-state index in [2.05, 4.69) is 36.8 Å². The van der Waals surface area contributed by atoms with Gasteiger partial charge in [-0.15, -0.1) is 0 Å². The number of pyridine rings is 1. The van der Waals surface area contributed by atoms with Gasteiger partial charge in [-0.3, -0.25) is 4.98 Å². The van der Waals surface area contributed by atoms with Crippen LogP contribution in [0.15, 0.2) is 45.5 Å². The zero-order chi connectivity index (χ0) is 13.4. The molecule has 2 aromatic rings. The standard InChI is InChI=1S/C14H12Br2N2O/c15-8-2-4-13-10(5-8)11(17)6-14(19-13)12-3-1-9(16)7-18-12/h1-5,7,11,14H,6,17H2/t11-,14?/m1/s1. The van der Waals surface area contributed by atoms with Crippen LogP contribution in [0.3, 0.4) is 0 Å². The molecular weight excluding hydrogens is 372 g/mol. The van der Waals surface area contributed by atoms with E-state index in [1.807, 2.05) is 30.3 Å². The summed E-state index contributed by atoms with van der Waals surface area (Å²) in [7, 11) is 0. The van der Waals surface area contributed by atoms with Crippen LogP contribution >= 0.6 is 31.9 Å². The van der Waals surface area contributed by atoms with Crippen molar-refractivity contribution < 1.29 is 4.74 Å². The van der Waals surface area contributed by atoms with E-state index in [0.29, 0.717) is 0 Å². The molecule has 2 atom stereocenters. The summed E-state index contributed by atoms with van der Waals surface area (Å²) >= 11 is 6.84. The fourth-order valence-corrected chi connectivity index (χ4v) is 2.85. The Hall–Kier alpha value is -0.910. The number of halogens is 2. The lowest BCUT2D eigenvalue weighted by atomic mass is 9.96. The number of benzene rings is 1. The molecule has 0 fully saturated rings. The van der Waals surface area contributed by atoms with Gasteiger partial charge in [0.15, 0.2) is 0 Å². The lowest BCUT2D eigenvalue weighted by Crippen LogP contribution is -2.24. The fraction of sp³-hybridized carbons (Fsp3) is 0.214. The number of nitrogens with zero attached hydrogens (tertiary/aromatic N) is 1. The van der Waals surface area contributed by atoms with Gasteiger partial charge in [0.25, 0.3) is 0 Å². The van der Waals surface area contributed by atoms with Gasteiger partial charge in [0.2, 0.25) is 0 Å². The molecule has 0 aliphatic carbocycles. The second-order valence-corrected chi connectivity index (χ2v) is 6.36. The Balaban J connectivity index is 1.92. The molecule has 1 aliphatic heterocycles. The van der Waals surface area contributed by atoms with Crippen molar-refractivity contribution in [3.05, 3.63) is 56.7 Å². The predicted molar refractivity (Wildman–Crippen MR) is 81.0 cm³/mol. The molecule has 2 heterocycles. The summed E-state index contributed by atoms with van der Waals surface area (Å²) in [5.74, 6) is 0.844. The second kappa shape index (κ2) is 5.23. The summed E-state index contributed by atoms with van der Waals surface area (Å²) < 4.78 is 7.98. The molecule has 0 saturated carbocycles. The van der Waals surface area contributed by atoms with Crippen LogP contribution in [0.1, 0.15) is 29.8 Å². The SMILES string of the molecule is N[C@@H]1CC(c2ccc(Br)cn2)Oc2ccc(Br)cc21. The maximum absolute atomic E-state index is 6.24. The number of rotatable bonds is 1. The van der Waals surface area contributed by atoms with Crippen molar-refractivity contribution in [1.82, 2.24) is 4.98 Å². The number of nitrogens with two attached hydrogens (primary N) is 1. The molecule has 1 unspecified atom stereocenters. The molecule has 0 radical (unpaired) electrons. The van der Waals surface area contributed by atoms with Crippen LogP contribution in [0.25, 0.3) is 0 Å². The molecule has 3 nitrogen and oxygen atoms in total. The molecule has 0 amide bonds. The second-order valence-electron chi connectivity index (χ2n) is 4.53. The molecule has 98 valence electrons. The monoisotopic (exact) mass is 382 g/mol. The predicted octanol–water partition coefficient (Wildman–Crippen LogP) is 4.13. The molecule has 0 saturated heterocycles. The topological polar surface area (TPSA) is 48.1 Å². The maximum Gasteiger partial charge on any atom is 0.142 e. The van der Waals surface area contributed by atoms with Gasteiger partial charge in [-0.05, 0) is 46.3 Å². The summed E-state index contributed by atoms with van der Waals surface area (Å²) in [6.45, 7) is 0. The van der Waals surface area contributed by atoms with E-state index >= 15 is 0 Å². The van der Waals surface area contributed by atoms with Crippen molar-refractivity contribution in [2.75, 3.05) is 0 Å². The van der Waals surface area contributed by atoms with Gasteiger partial charge in [-0.25, -0.2) is 0 Å². The summed E-state index contributed by atoms with van der Waals surface area (Å²) in [5, 5.41) is 0. The first-order chi connectivity index (χ1) is 9.13. The van der Waals surface area contributed by atoms with Gasteiger partial charge in [0, 0.05) is 33.2 Å². The maximum atomic E-state index is 6.24. The minimum absolute atomic E-state index is 0.0308.